The molecule has 0 amide bonds. The summed E-state index contributed by atoms with van der Waals surface area (Å²) in [5.74, 6) is -0.818. The maximum atomic E-state index is 14.0. The van der Waals surface area contributed by atoms with E-state index in [1.807, 2.05) is 19.1 Å². The molecular weight excluding hydrogens is 461 g/mol. The van der Waals surface area contributed by atoms with Crippen LogP contribution in [0.5, 0.6) is 0 Å². The minimum Gasteiger partial charge on any atom is -0.457 e. The topological polar surface area (TPSA) is 86.0 Å². The Kier molecular flexibility index (Phi) is 7.22. The number of hydrogen-bond donors (Lipinski definition) is 1. The maximum absolute atomic E-state index is 14.0. The average Bonchev–Trinajstić information content (AvgIpc) is 3.20. The van der Waals surface area contributed by atoms with E-state index < -0.39 is 11.9 Å². The number of carbonyl (C=O) groups excluding carboxylic acids is 1. The van der Waals surface area contributed by atoms with E-state index in [1.54, 1.807) is 12.1 Å². The van der Waals surface area contributed by atoms with Gasteiger partial charge in [0.05, 0.1) is 29.9 Å². The number of carbonyl (C=O) groups is 1. The first-order chi connectivity index (χ1) is 15.9. The highest BCUT2D eigenvalue weighted by Crippen LogP contribution is 2.31. The van der Waals surface area contributed by atoms with Gasteiger partial charge < -0.3 is 14.6 Å². The summed E-state index contributed by atoms with van der Waals surface area (Å²) in [6.07, 6.45) is -0.879. The third kappa shape index (κ3) is 4.54. The molecule has 2 saturated heterocycles. The average molecular weight is 488 g/mol. The molecule has 0 unspecified atom stereocenters. The van der Waals surface area contributed by atoms with Gasteiger partial charge in [-0.3, -0.25) is 9.80 Å². The Balaban J connectivity index is 0.00000274. The van der Waals surface area contributed by atoms with Crippen molar-refractivity contribution in [3.8, 4) is 6.07 Å². The molecule has 2 fully saturated rings. The van der Waals surface area contributed by atoms with Gasteiger partial charge in [-0.05, 0) is 41.8 Å². The zero-order valence-electron chi connectivity index (χ0n) is 18.9. The van der Waals surface area contributed by atoms with Crippen LogP contribution in [-0.4, -0.2) is 66.2 Å². The van der Waals surface area contributed by atoms with Crippen LogP contribution in [0.1, 0.15) is 50.4 Å². The lowest BCUT2D eigenvalue weighted by molar-refractivity contribution is -0.0938. The number of nitrogens with zero attached hydrogens (tertiary/aromatic N) is 3. The highest BCUT2D eigenvalue weighted by Gasteiger charge is 2.35. The van der Waals surface area contributed by atoms with Crippen molar-refractivity contribution in [3.63, 3.8) is 0 Å². The number of ether oxygens (including phenoxy) is 2. The van der Waals surface area contributed by atoms with Crippen molar-refractivity contribution in [2.45, 2.75) is 31.8 Å². The van der Waals surface area contributed by atoms with Gasteiger partial charge in [-0.1, -0.05) is 12.1 Å². The molecule has 3 aliphatic rings. The second-order valence-electron chi connectivity index (χ2n) is 8.98. The van der Waals surface area contributed by atoms with Crippen LogP contribution in [0, 0.1) is 24.1 Å². The summed E-state index contributed by atoms with van der Waals surface area (Å²) >= 11 is 0. The van der Waals surface area contributed by atoms with Crippen molar-refractivity contribution in [3.05, 3.63) is 69.5 Å². The molecule has 0 aliphatic carbocycles. The molecule has 2 aromatic carbocycles. The zero-order valence-corrected chi connectivity index (χ0v) is 19.7. The van der Waals surface area contributed by atoms with Crippen LogP contribution in [0.4, 0.5) is 4.39 Å². The molecular formula is C25H27ClFN3O4. The fraction of sp³-hybridized carbons (Fsp3) is 0.440. The van der Waals surface area contributed by atoms with E-state index in [0.717, 1.165) is 41.9 Å². The van der Waals surface area contributed by atoms with Gasteiger partial charge in [0.15, 0.2) is 0 Å². The molecule has 34 heavy (non-hydrogen) atoms. The van der Waals surface area contributed by atoms with Gasteiger partial charge in [-0.2, -0.15) is 5.26 Å². The molecule has 0 radical (unpaired) electrons. The Morgan fingerprint density at radius 3 is 2.85 bits per heavy atom. The van der Waals surface area contributed by atoms with Gasteiger partial charge in [0.25, 0.3) is 0 Å². The van der Waals surface area contributed by atoms with E-state index in [2.05, 4.69) is 9.80 Å². The molecule has 3 aliphatic heterocycles. The molecule has 9 heteroatoms. The smallest absolute Gasteiger partial charge is 0.338 e. The Morgan fingerprint density at radius 1 is 1.26 bits per heavy atom. The molecule has 1 N–H and O–H groups in total. The molecule has 3 heterocycles. The molecule has 7 nitrogen and oxygen atoms in total. The van der Waals surface area contributed by atoms with Crippen LogP contribution in [0.3, 0.4) is 0 Å². The van der Waals surface area contributed by atoms with Crippen molar-refractivity contribution in [1.29, 1.82) is 5.26 Å². The number of morpholine rings is 1. The molecule has 3 atom stereocenters. The number of aliphatic hydroxyl groups is 1. The van der Waals surface area contributed by atoms with E-state index in [0.29, 0.717) is 25.3 Å². The number of nitriles is 1. The molecule has 180 valence electrons. The lowest BCUT2D eigenvalue weighted by atomic mass is 9.95. The van der Waals surface area contributed by atoms with Crippen molar-refractivity contribution >= 4 is 18.4 Å². The number of benzene rings is 2. The van der Waals surface area contributed by atoms with E-state index in [9.17, 15) is 14.3 Å². The summed E-state index contributed by atoms with van der Waals surface area (Å²) < 4.78 is 25.2. The van der Waals surface area contributed by atoms with Gasteiger partial charge in [0, 0.05) is 44.3 Å². The summed E-state index contributed by atoms with van der Waals surface area (Å²) in [4.78, 5) is 16.4. The summed E-state index contributed by atoms with van der Waals surface area (Å²) in [6, 6.07) is 10.3. The third-order valence-corrected chi connectivity index (χ3v) is 7.06. The van der Waals surface area contributed by atoms with Gasteiger partial charge in [0.1, 0.15) is 18.5 Å². The summed E-state index contributed by atoms with van der Waals surface area (Å²) in [7, 11) is 0. The number of halogens is 2. The zero-order chi connectivity index (χ0) is 23.1. The van der Waals surface area contributed by atoms with Crippen LogP contribution >= 0.6 is 12.4 Å². The number of esters is 1. The van der Waals surface area contributed by atoms with Gasteiger partial charge in [0.2, 0.25) is 0 Å². The largest absolute Gasteiger partial charge is 0.457 e. The predicted molar refractivity (Wildman–Crippen MR) is 124 cm³/mol. The standard InChI is InChI=1S/C25H26FN3O4.ClH/c1-15-19(4-5-20-21(15)14-33-25(20)31)23(30)11-28-6-7-29-12-24(32-13-18(29)10-28)16-2-3-17(9-27)22(26)8-16;/h2-5,8,18,23-24,30H,6-7,10-14H2,1H3;1H/t18-,23+,24+;/m1./s1. The van der Waals surface area contributed by atoms with E-state index >= 15 is 0 Å². The molecule has 2 aromatic rings. The highest BCUT2D eigenvalue weighted by molar-refractivity contribution is 5.93. The van der Waals surface area contributed by atoms with Crippen molar-refractivity contribution in [2.75, 3.05) is 39.3 Å². The first-order valence-corrected chi connectivity index (χ1v) is 11.2. The normalized spacial score (nSPS) is 23.3. The second kappa shape index (κ2) is 9.98. The number of piperazine rings is 1. The highest BCUT2D eigenvalue weighted by atomic mass is 35.5. The second-order valence-corrected chi connectivity index (χ2v) is 8.98. The number of fused-ring (bicyclic) bond motifs is 2. The Labute approximate surface area is 204 Å². The lowest BCUT2D eigenvalue weighted by Crippen LogP contribution is -2.58. The predicted octanol–water partition coefficient (Wildman–Crippen LogP) is 2.89. The fourth-order valence-corrected chi connectivity index (χ4v) is 5.11. The molecule has 0 aromatic heterocycles. The molecule has 0 saturated carbocycles. The van der Waals surface area contributed by atoms with Crippen LogP contribution in [0.25, 0.3) is 0 Å². The Hall–Kier alpha value is -2.54. The maximum Gasteiger partial charge on any atom is 0.338 e. The number of β-amino-alcohol motifs (C(OH)–C–C–N with tert-alkyl or cyclic N) is 1. The first-order valence-electron chi connectivity index (χ1n) is 11.2. The van der Waals surface area contributed by atoms with Crippen LogP contribution < -0.4 is 0 Å². The number of aliphatic hydroxyl groups excluding tert-OH is 1. The van der Waals surface area contributed by atoms with Crippen LogP contribution in [0.15, 0.2) is 30.3 Å². The van der Waals surface area contributed by atoms with Crippen LogP contribution in [0.2, 0.25) is 0 Å². The lowest BCUT2D eigenvalue weighted by Gasteiger charge is -2.46. The van der Waals surface area contributed by atoms with Gasteiger partial charge >= 0.3 is 5.97 Å². The van der Waals surface area contributed by atoms with E-state index in [-0.39, 0.29) is 42.7 Å². The van der Waals surface area contributed by atoms with Crippen molar-refractivity contribution in [2.24, 2.45) is 0 Å². The molecule has 0 bridgehead atoms. The van der Waals surface area contributed by atoms with Crippen molar-refractivity contribution < 1.29 is 23.8 Å². The summed E-state index contributed by atoms with van der Waals surface area (Å²) in [5.41, 5.74) is 4.00. The Bertz CT molecular complexity index is 1140. The van der Waals surface area contributed by atoms with Gasteiger partial charge in [-0.15, -0.1) is 12.4 Å². The Morgan fingerprint density at radius 2 is 2.09 bits per heavy atom. The number of cyclic esters (lactones) is 1. The monoisotopic (exact) mass is 487 g/mol. The summed E-state index contributed by atoms with van der Waals surface area (Å²) in [5, 5.41) is 19.9. The minimum absolute atomic E-state index is 0. The SMILES string of the molecule is Cc1c([C@@H](O)CN2CCN3C[C@@H](c4ccc(C#N)c(F)c4)OC[C@H]3C2)ccc2c1COC2=O.Cl. The molecule has 0 spiro atoms. The first kappa shape index (κ1) is 24.6. The minimum atomic E-state index is -0.656. The fourth-order valence-electron chi connectivity index (χ4n) is 5.11. The molecule has 5 rings (SSSR count). The quantitative estimate of drug-likeness (QED) is 0.663. The number of hydrogen-bond acceptors (Lipinski definition) is 7. The van der Waals surface area contributed by atoms with Crippen molar-refractivity contribution in [1.82, 2.24) is 9.80 Å². The third-order valence-electron chi connectivity index (χ3n) is 7.06. The summed E-state index contributed by atoms with van der Waals surface area (Å²) in [6.45, 7) is 6.32. The number of rotatable bonds is 4. The van der Waals surface area contributed by atoms with E-state index in [4.69, 9.17) is 14.7 Å². The van der Waals surface area contributed by atoms with E-state index in [1.165, 1.54) is 12.1 Å². The van der Waals surface area contributed by atoms with Gasteiger partial charge in [-0.25, -0.2) is 9.18 Å². The van der Waals surface area contributed by atoms with Crippen LogP contribution in [-0.2, 0) is 16.1 Å².